The zero-order chi connectivity index (χ0) is 22.6. The number of rotatable bonds is 3. The normalized spacial score (nSPS) is 25.9. The van der Waals surface area contributed by atoms with E-state index in [1.165, 1.54) is 18.3 Å². The van der Waals surface area contributed by atoms with Gasteiger partial charge in [0.15, 0.2) is 15.6 Å². The van der Waals surface area contributed by atoms with Crippen molar-refractivity contribution in [3.8, 4) is 11.5 Å². The number of Topliss-reactive ketones (excluding diaryl/α,β-unsaturated/α-hetero) is 1. The van der Waals surface area contributed by atoms with Crippen LogP contribution in [0.3, 0.4) is 0 Å². The van der Waals surface area contributed by atoms with Crippen molar-refractivity contribution in [3.05, 3.63) is 53.3 Å². The molecule has 2 atom stereocenters. The molecule has 1 aromatic heterocycles. The highest BCUT2D eigenvalue weighted by molar-refractivity contribution is 7.94. The van der Waals surface area contributed by atoms with Crippen LogP contribution in [0.4, 0.5) is 0 Å². The molecular formula is C23H26N2O5S. The largest absolute Gasteiger partial charge is 0.506 e. The predicted octanol–water partition coefficient (Wildman–Crippen LogP) is 3.25. The molecule has 31 heavy (non-hydrogen) atoms. The minimum Gasteiger partial charge on any atom is -0.506 e. The number of carbonyl (C=O) groups is 1. The fraction of sp³-hybridized carbons (Fsp3) is 0.435. The predicted molar refractivity (Wildman–Crippen MR) is 118 cm³/mol. The number of pyridine rings is 1. The Morgan fingerprint density at radius 3 is 2.65 bits per heavy atom. The van der Waals surface area contributed by atoms with Crippen LogP contribution in [0.5, 0.6) is 11.5 Å². The van der Waals surface area contributed by atoms with Crippen LogP contribution in [0, 0.1) is 0 Å². The summed E-state index contributed by atoms with van der Waals surface area (Å²) >= 11 is 0. The smallest absolute Gasteiger partial charge is 0.185 e. The van der Waals surface area contributed by atoms with E-state index in [1.54, 1.807) is 32.9 Å². The van der Waals surface area contributed by atoms with Crippen molar-refractivity contribution < 1.29 is 23.1 Å². The van der Waals surface area contributed by atoms with E-state index in [0.29, 0.717) is 23.4 Å². The summed E-state index contributed by atoms with van der Waals surface area (Å²) in [7, 11) is -3.53. The van der Waals surface area contributed by atoms with E-state index in [4.69, 9.17) is 9.73 Å². The summed E-state index contributed by atoms with van der Waals surface area (Å²) in [5.74, 6) is 0.385. The van der Waals surface area contributed by atoms with Crippen molar-refractivity contribution >= 4 is 21.3 Å². The maximum absolute atomic E-state index is 13.5. The lowest BCUT2D eigenvalue weighted by atomic mass is 9.85. The van der Waals surface area contributed by atoms with Crippen molar-refractivity contribution in [1.29, 1.82) is 0 Å². The summed E-state index contributed by atoms with van der Waals surface area (Å²) in [6.45, 7) is 7.29. The van der Waals surface area contributed by atoms with Crippen LogP contribution in [0.25, 0.3) is 0 Å². The van der Waals surface area contributed by atoms with E-state index < -0.39 is 25.4 Å². The highest BCUT2D eigenvalue weighted by Crippen LogP contribution is 2.48. The Balaban J connectivity index is 1.78. The molecule has 0 aliphatic carbocycles. The van der Waals surface area contributed by atoms with Gasteiger partial charge in [0, 0.05) is 24.1 Å². The Kier molecular flexibility index (Phi) is 4.96. The number of benzene rings is 1. The molecule has 7 nitrogen and oxygen atoms in total. The van der Waals surface area contributed by atoms with Crippen molar-refractivity contribution in [2.75, 3.05) is 6.61 Å². The molecule has 0 fully saturated rings. The summed E-state index contributed by atoms with van der Waals surface area (Å²) in [5.41, 5.74) is 1.22. The molecule has 0 saturated heterocycles. The number of aromatic hydroxyl groups is 1. The molecule has 0 bridgehead atoms. The Hall–Kier alpha value is -2.74. The monoisotopic (exact) mass is 442 g/mol. The second-order valence-corrected chi connectivity index (χ2v) is 11.5. The number of ketones is 1. The zero-order valence-electron chi connectivity index (χ0n) is 18.0. The van der Waals surface area contributed by atoms with Crippen LogP contribution in [-0.4, -0.2) is 46.6 Å². The molecule has 0 saturated carbocycles. The van der Waals surface area contributed by atoms with Gasteiger partial charge in [-0.25, -0.2) is 13.4 Å². The SMILES string of the molecule is CC1=N[C@]2(C)c3cc(CC(=O)c4ccc(O)cn4)ccc3OCC[C@H]2S(=O)(=O)C1(C)C. The minimum atomic E-state index is -3.53. The van der Waals surface area contributed by atoms with Gasteiger partial charge in [0.25, 0.3) is 0 Å². The Morgan fingerprint density at radius 2 is 1.97 bits per heavy atom. The highest BCUT2D eigenvalue weighted by Gasteiger charge is 2.56. The van der Waals surface area contributed by atoms with Gasteiger partial charge in [-0.2, -0.15) is 0 Å². The van der Waals surface area contributed by atoms with Gasteiger partial charge < -0.3 is 9.84 Å². The molecule has 2 aliphatic rings. The van der Waals surface area contributed by atoms with Crippen LogP contribution in [0.15, 0.2) is 41.5 Å². The van der Waals surface area contributed by atoms with Crippen LogP contribution < -0.4 is 4.74 Å². The summed E-state index contributed by atoms with van der Waals surface area (Å²) in [5, 5.41) is 8.66. The van der Waals surface area contributed by atoms with E-state index in [2.05, 4.69) is 4.98 Å². The van der Waals surface area contributed by atoms with E-state index in [0.717, 1.165) is 5.56 Å². The molecule has 1 N–H and O–H groups in total. The van der Waals surface area contributed by atoms with E-state index in [9.17, 15) is 18.3 Å². The molecule has 2 aliphatic heterocycles. The first-order chi connectivity index (χ1) is 14.5. The lowest BCUT2D eigenvalue weighted by Gasteiger charge is -2.43. The van der Waals surface area contributed by atoms with Gasteiger partial charge in [0.1, 0.15) is 27.5 Å². The molecule has 2 aromatic rings. The average Bonchev–Trinajstić information content (AvgIpc) is 2.84. The Labute approximate surface area is 182 Å². The number of aliphatic imine (C=N–C) groups is 1. The number of carbonyl (C=O) groups excluding carboxylic acids is 1. The first-order valence-corrected chi connectivity index (χ1v) is 11.8. The van der Waals surface area contributed by atoms with E-state index in [-0.39, 0.29) is 30.3 Å². The van der Waals surface area contributed by atoms with Crippen molar-refractivity contribution in [2.45, 2.75) is 56.1 Å². The number of fused-ring (bicyclic) bond motifs is 3. The lowest BCUT2D eigenvalue weighted by molar-refractivity contribution is 0.0988. The van der Waals surface area contributed by atoms with Crippen LogP contribution in [-0.2, 0) is 21.8 Å². The molecule has 0 unspecified atom stereocenters. The molecule has 164 valence electrons. The molecule has 0 spiro atoms. The summed E-state index contributed by atoms with van der Waals surface area (Å²) in [4.78, 5) is 21.5. The number of hydrogen-bond acceptors (Lipinski definition) is 7. The van der Waals surface area contributed by atoms with E-state index in [1.807, 2.05) is 13.0 Å². The first-order valence-electron chi connectivity index (χ1n) is 10.2. The Morgan fingerprint density at radius 1 is 1.23 bits per heavy atom. The van der Waals surface area contributed by atoms with Gasteiger partial charge in [-0.05, 0) is 57.5 Å². The van der Waals surface area contributed by atoms with Crippen LogP contribution in [0.2, 0.25) is 0 Å². The minimum absolute atomic E-state index is 0.00707. The highest BCUT2D eigenvalue weighted by atomic mass is 32.2. The summed E-state index contributed by atoms with van der Waals surface area (Å²) in [6, 6.07) is 8.32. The van der Waals surface area contributed by atoms with Gasteiger partial charge in [-0.15, -0.1) is 0 Å². The zero-order valence-corrected chi connectivity index (χ0v) is 18.9. The number of ether oxygens (including phenoxy) is 1. The molecule has 3 heterocycles. The number of hydrogen-bond donors (Lipinski definition) is 1. The van der Waals surface area contributed by atoms with Crippen molar-refractivity contribution in [3.63, 3.8) is 0 Å². The molecular weight excluding hydrogens is 416 g/mol. The average molecular weight is 443 g/mol. The van der Waals surface area contributed by atoms with Crippen molar-refractivity contribution in [2.24, 2.45) is 4.99 Å². The fourth-order valence-corrected chi connectivity index (χ4v) is 6.76. The molecule has 8 heteroatoms. The van der Waals surface area contributed by atoms with Crippen molar-refractivity contribution in [1.82, 2.24) is 4.98 Å². The van der Waals surface area contributed by atoms with E-state index >= 15 is 0 Å². The first kappa shape index (κ1) is 21.5. The molecule has 0 amide bonds. The quantitative estimate of drug-likeness (QED) is 0.732. The molecule has 4 rings (SSSR count). The second-order valence-electron chi connectivity index (χ2n) is 8.86. The maximum atomic E-state index is 13.5. The third kappa shape index (κ3) is 3.33. The third-order valence-electron chi connectivity index (χ3n) is 6.61. The van der Waals surface area contributed by atoms with Gasteiger partial charge in [-0.1, -0.05) is 6.07 Å². The topological polar surface area (TPSA) is 106 Å². The second kappa shape index (κ2) is 7.15. The van der Waals surface area contributed by atoms with Crippen LogP contribution >= 0.6 is 0 Å². The van der Waals surface area contributed by atoms with Gasteiger partial charge in [0.05, 0.1) is 18.1 Å². The number of nitrogens with zero attached hydrogens (tertiary/aromatic N) is 2. The summed E-state index contributed by atoms with van der Waals surface area (Å²) < 4.78 is 31.9. The molecule has 1 aromatic carbocycles. The number of aromatic nitrogens is 1. The van der Waals surface area contributed by atoms with Gasteiger partial charge in [-0.3, -0.25) is 9.79 Å². The standard InChI is InChI=1S/C23H26N2O5S/c1-14-22(2,3)31(28,29)21-9-10-30-20-8-5-15(11-17(20)23(21,4)25-14)12-19(27)18-7-6-16(26)13-24-18/h5-8,11,13,21,26H,9-10,12H2,1-4H3/t21-,23-/m1/s1. The van der Waals surface area contributed by atoms with Crippen LogP contribution in [0.1, 0.15) is 55.7 Å². The number of sulfone groups is 1. The maximum Gasteiger partial charge on any atom is 0.185 e. The fourth-order valence-electron chi connectivity index (χ4n) is 4.40. The van der Waals surface area contributed by atoms with Gasteiger partial charge in [0.2, 0.25) is 0 Å². The Bertz CT molecular complexity index is 1180. The van der Waals surface area contributed by atoms with Gasteiger partial charge >= 0.3 is 0 Å². The summed E-state index contributed by atoms with van der Waals surface area (Å²) in [6.07, 6.45) is 1.67. The molecule has 0 radical (unpaired) electrons. The third-order valence-corrected chi connectivity index (χ3v) is 9.77. The lowest BCUT2D eigenvalue weighted by Crippen LogP contribution is -2.56.